The van der Waals surface area contributed by atoms with E-state index in [1.807, 2.05) is 0 Å². The summed E-state index contributed by atoms with van der Waals surface area (Å²) in [5.74, 6) is 0. The Balaban J connectivity index is 2.06. The molecule has 0 radical (unpaired) electrons. The minimum Gasteiger partial charge on any atom is -0.396 e. The number of nitrogens with zero attached hydrogens (tertiary/aromatic N) is 1. The molecule has 19 heavy (non-hydrogen) atoms. The van der Waals surface area contributed by atoms with Crippen LogP contribution < -0.4 is 0 Å². The molecule has 0 saturated heterocycles. The molecule has 1 N–H and O–H groups in total. The third-order valence-electron chi connectivity index (χ3n) is 2.60. The highest BCUT2D eigenvalue weighted by atomic mass is 32.1. The number of benzene rings is 1. The highest BCUT2D eigenvalue weighted by Gasteiger charge is 2.29. The van der Waals surface area contributed by atoms with Gasteiger partial charge in [0.1, 0.15) is 0 Å². The zero-order valence-corrected chi connectivity index (χ0v) is 10.8. The van der Waals surface area contributed by atoms with Crippen LogP contribution in [0.1, 0.15) is 21.0 Å². The maximum Gasteiger partial charge on any atom is 0.416 e. The standard InChI is InChI=1S/C13H12F3NOS/c14-13(15,16)10-3-1-9(2-4-10)7-12-17-8-11(19-12)5-6-18/h1-4,8,18H,5-7H2. The number of hydrogen-bond donors (Lipinski definition) is 1. The van der Waals surface area contributed by atoms with Crippen LogP contribution in [0.25, 0.3) is 0 Å². The molecule has 2 nitrogen and oxygen atoms in total. The fraction of sp³-hybridized carbons (Fsp3) is 0.308. The summed E-state index contributed by atoms with van der Waals surface area (Å²) in [4.78, 5) is 5.16. The summed E-state index contributed by atoms with van der Waals surface area (Å²) < 4.78 is 37.2. The molecule has 0 fully saturated rings. The van der Waals surface area contributed by atoms with Gasteiger partial charge in [-0.2, -0.15) is 13.2 Å². The number of aliphatic hydroxyl groups is 1. The Morgan fingerprint density at radius 3 is 2.42 bits per heavy atom. The molecule has 1 aromatic heterocycles. The molecular formula is C13H12F3NOS. The lowest BCUT2D eigenvalue weighted by molar-refractivity contribution is -0.137. The van der Waals surface area contributed by atoms with Crippen molar-refractivity contribution in [1.29, 1.82) is 0 Å². The second-order valence-corrected chi connectivity index (χ2v) is 5.27. The molecule has 0 bridgehead atoms. The first-order chi connectivity index (χ1) is 8.99. The van der Waals surface area contributed by atoms with E-state index < -0.39 is 11.7 Å². The lowest BCUT2D eigenvalue weighted by Gasteiger charge is -2.06. The Labute approximate surface area is 112 Å². The molecule has 0 unspecified atom stereocenters. The summed E-state index contributed by atoms with van der Waals surface area (Å²) in [5, 5.41) is 9.63. The zero-order chi connectivity index (χ0) is 13.9. The molecule has 0 amide bonds. The van der Waals surface area contributed by atoms with Crippen LogP contribution in [0.4, 0.5) is 13.2 Å². The van der Waals surface area contributed by atoms with Gasteiger partial charge in [-0.05, 0) is 17.7 Å². The van der Waals surface area contributed by atoms with Crippen LogP contribution in [-0.2, 0) is 19.0 Å². The second kappa shape index (κ2) is 5.71. The topological polar surface area (TPSA) is 33.1 Å². The van der Waals surface area contributed by atoms with Crippen molar-refractivity contribution in [3.8, 4) is 0 Å². The molecule has 0 aliphatic heterocycles. The number of halogens is 3. The first-order valence-electron chi connectivity index (χ1n) is 5.69. The summed E-state index contributed by atoms with van der Waals surface area (Å²) in [6.45, 7) is 0.0713. The SMILES string of the molecule is OCCc1cnc(Cc2ccc(C(F)(F)F)cc2)s1. The van der Waals surface area contributed by atoms with E-state index in [1.165, 1.54) is 23.5 Å². The van der Waals surface area contributed by atoms with Crippen LogP contribution in [0.15, 0.2) is 30.5 Å². The van der Waals surface area contributed by atoms with Crippen molar-refractivity contribution < 1.29 is 18.3 Å². The molecule has 0 aliphatic rings. The summed E-state index contributed by atoms with van der Waals surface area (Å²) >= 11 is 1.47. The van der Waals surface area contributed by atoms with Crippen molar-refractivity contribution in [1.82, 2.24) is 4.98 Å². The van der Waals surface area contributed by atoms with Gasteiger partial charge in [0.15, 0.2) is 0 Å². The van der Waals surface area contributed by atoms with E-state index in [-0.39, 0.29) is 6.61 Å². The lowest BCUT2D eigenvalue weighted by Crippen LogP contribution is -2.04. The highest BCUT2D eigenvalue weighted by Crippen LogP contribution is 2.29. The molecule has 102 valence electrons. The van der Waals surface area contributed by atoms with Crippen molar-refractivity contribution in [3.63, 3.8) is 0 Å². The summed E-state index contributed by atoms with van der Waals surface area (Å²) in [6, 6.07) is 5.10. The number of alkyl halides is 3. The van der Waals surface area contributed by atoms with Crippen molar-refractivity contribution in [2.45, 2.75) is 19.0 Å². The molecule has 0 saturated carbocycles. The van der Waals surface area contributed by atoms with Gasteiger partial charge < -0.3 is 5.11 Å². The number of thiazole rings is 1. The third kappa shape index (κ3) is 3.78. The van der Waals surface area contributed by atoms with Gasteiger partial charge >= 0.3 is 6.18 Å². The molecule has 2 aromatic rings. The van der Waals surface area contributed by atoms with Crippen molar-refractivity contribution in [3.05, 3.63) is 51.5 Å². The molecule has 0 aliphatic carbocycles. The maximum atomic E-state index is 12.4. The normalized spacial score (nSPS) is 11.8. The maximum absolute atomic E-state index is 12.4. The fourth-order valence-electron chi connectivity index (χ4n) is 1.64. The monoisotopic (exact) mass is 287 g/mol. The van der Waals surface area contributed by atoms with Crippen LogP contribution in [0.2, 0.25) is 0 Å². The summed E-state index contributed by atoms with van der Waals surface area (Å²) in [7, 11) is 0. The van der Waals surface area contributed by atoms with Crippen molar-refractivity contribution in [2.24, 2.45) is 0 Å². The Bertz CT molecular complexity index is 534. The molecule has 2 rings (SSSR count). The average molecular weight is 287 g/mol. The average Bonchev–Trinajstić information content (AvgIpc) is 2.77. The van der Waals surface area contributed by atoms with Gasteiger partial charge in [-0.25, -0.2) is 4.98 Å². The van der Waals surface area contributed by atoms with Crippen LogP contribution in [0, 0.1) is 0 Å². The smallest absolute Gasteiger partial charge is 0.396 e. The third-order valence-corrected chi connectivity index (χ3v) is 3.65. The number of hydrogen-bond acceptors (Lipinski definition) is 3. The second-order valence-electron chi connectivity index (χ2n) is 4.07. The minimum atomic E-state index is -4.30. The van der Waals surface area contributed by atoms with Gasteiger partial charge in [0, 0.05) is 30.5 Å². The number of rotatable bonds is 4. The Hall–Kier alpha value is -1.40. The fourth-order valence-corrected chi connectivity index (χ4v) is 2.59. The van der Waals surface area contributed by atoms with Crippen LogP contribution >= 0.6 is 11.3 Å². The zero-order valence-electron chi connectivity index (χ0n) is 9.94. The molecule has 0 atom stereocenters. The van der Waals surface area contributed by atoms with Gasteiger partial charge in [0.05, 0.1) is 10.6 Å². The number of aliphatic hydroxyl groups excluding tert-OH is 1. The number of aromatic nitrogens is 1. The minimum absolute atomic E-state index is 0.0713. The van der Waals surface area contributed by atoms with E-state index in [4.69, 9.17) is 5.11 Å². The molecule has 6 heteroatoms. The van der Waals surface area contributed by atoms with Crippen LogP contribution in [0.5, 0.6) is 0 Å². The summed E-state index contributed by atoms with van der Waals surface area (Å²) in [5.41, 5.74) is 0.147. The lowest BCUT2D eigenvalue weighted by atomic mass is 10.1. The van der Waals surface area contributed by atoms with E-state index >= 15 is 0 Å². The largest absolute Gasteiger partial charge is 0.416 e. The summed E-state index contributed by atoms with van der Waals surface area (Å²) in [6.07, 6.45) is -1.53. The Morgan fingerprint density at radius 1 is 1.16 bits per heavy atom. The van der Waals surface area contributed by atoms with Crippen molar-refractivity contribution >= 4 is 11.3 Å². The van der Waals surface area contributed by atoms with E-state index in [1.54, 1.807) is 6.20 Å². The Morgan fingerprint density at radius 2 is 1.84 bits per heavy atom. The predicted octanol–water partition coefficient (Wildman–Crippen LogP) is 3.29. The van der Waals surface area contributed by atoms with E-state index in [0.29, 0.717) is 12.8 Å². The molecular weight excluding hydrogens is 275 g/mol. The van der Waals surface area contributed by atoms with Gasteiger partial charge in [0.25, 0.3) is 0 Å². The van der Waals surface area contributed by atoms with Gasteiger partial charge in [-0.3, -0.25) is 0 Å². The van der Waals surface area contributed by atoms with E-state index in [0.717, 1.165) is 27.6 Å². The predicted molar refractivity (Wildman–Crippen MR) is 67.2 cm³/mol. The van der Waals surface area contributed by atoms with E-state index in [2.05, 4.69) is 4.98 Å². The Kier molecular flexibility index (Phi) is 4.21. The van der Waals surface area contributed by atoms with Gasteiger partial charge in [-0.1, -0.05) is 12.1 Å². The van der Waals surface area contributed by atoms with Crippen LogP contribution in [0.3, 0.4) is 0 Å². The highest BCUT2D eigenvalue weighted by molar-refractivity contribution is 7.11. The molecule has 1 aromatic carbocycles. The first-order valence-corrected chi connectivity index (χ1v) is 6.51. The van der Waals surface area contributed by atoms with E-state index in [9.17, 15) is 13.2 Å². The van der Waals surface area contributed by atoms with Crippen LogP contribution in [-0.4, -0.2) is 16.7 Å². The molecule has 0 spiro atoms. The van der Waals surface area contributed by atoms with Gasteiger partial charge in [-0.15, -0.1) is 11.3 Å². The molecule has 1 heterocycles. The quantitative estimate of drug-likeness (QED) is 0.936. The van der Waals surface area contributed by atoms with Gasteiger partial charge in [0.2, 0.25) is 0 Å². The first kappa shape index (κ1) is 14.0. The van der Waals surface area contributed by atoms with Crippen molar-refractivity contribution in [2.75, 3.05) is 6.61 Å².